The lowest BCUT2D eigenvalue weighted by atomic mass is 9.87. The van der Waals surface area contributed by atoms with E-state index in [0.29, 0.717) is 0 Å². The molecule has 0 aliphatic rings. The Morgan fingerprint density at radius 1 is 1.05 bits per heavy atom. The molecule has 0 saturated carbocycles. The van der Waals surface area contributed by atoms with Crippen LogP contribution in [0.4, 0.5) is 9.59 Å². The summed E-state index contributed by atoms with van der Waals surface area (Å²) >= 11 is 0. The van der Waals surface area contributed by atoms with Crippen molar-refractivity contribution in [3.05, 3.63) is 0 Å². The van der Waals surface area contributed by atoms with Crippen LogP contribution in [0.1, 0.15) is 41.5 Å². The molecule has 1 atom stereocenters. The molecule has 0 aromatic carbocycles. The summed E-state index contributed by atoms with van der Waals surface area (Å²) in [4.78, 5) is 33.6. The quantitative estimate of drug-likeness (QED) is 0.591. The first-order valence-electron chi connectivity index (χ1n) is 5.77. The molecule has 0 heterocycles. The van der Waals surface area contributed by atoms with E-state index in [1.54, 1.807) is 41.5 Å². The Bertz CT molecular complexity index is 363. The van der Waals surface area contributed by atoms with E-state index in [0.717, 1.165) is 0 Å². The average molecular weight is 275 g/mol. The smallest absolute Gasteiger partial charge is 0.449 e. The lowest BCUT2D eigenvalue weighted by Gasteiger charge is -2.29. The first-order valence-corrected chi connectivity index (χ1v) is 5.77. The van der Waals surface area contributed by atoms with Crippen molar-refractivity contribution in [1.82, 2.24) is 5.32 Å². The largest absolute Gasteiger partial charge is 0.513 e. The maximum atomic E-state index is 11.6. The van der Waals surface area contributed by atoms with Gasteiger partial charge in [0.05, 0.1) is 0 Å². The maximum Gasteiger partial charge on any atom is 0.513 e. The van der Waals surface area contributed by atoms with Crippen molar-refractivity contribution in [3.63, 3.8) is 0 Å². The number of ether oxygens (including phenoxy) is 2. The minimum atomic E-state index is -1.72. The molecule has 0 aliphatic carbocycles. The van der Waals surface area contributed by atoms with Crippen molar-refractivity contribution in [2.45, 2.75) is 53.2 Å². The van der Waals surface area contributed by atoms with E-state index in [1.807, 2.05) is 0 Å². The Morgan fingerprint density at radius 3 is 1.84 bits per heavy atom. The first-order chi connectivity index (χ1) is 8.33. The van der Waals surface area contributed by atoms with Gasteiger partial charge in [-0.25, -0.2) is 14.4 Å². The molecule has 0 radical (unpaired) electrons. The highest BCUT2D eigenvalue weighted by Crippen LogP contribution is 2.21. The molecular weight excluding hydrogens is 254 g/mol. The van der Waals surface area contributed by atoms with Crippen LogP contribution in [-0.4, -0.2) is 35.0 Å². The molecule has 1 amide bonds. The molecule has 0 aromatic heterocycles. The molecule has 19 heavy (non-hydrogen) atoms. The minimum absolute atomic E-state index is 0.719. The van der Waals surface area contributed by atoms with Gasteiger partial charge in [0.15, 0.2) is 0 Å². The SMILES string of the molecule is CC(C)(C)OC(=O)NC(C(=O)OC(=O)O)C(C)(C)C. The second-order valence-electron chi connectivity index (χ2n) is 6.13. The average Bonchev–Trinajstić information content (AvgIpc) is 2.07. The van der Waals surface area contributed by atoms with Crippen molar-refractivity contribution in [2.24, 2.45) is 5.41 Å². The highest BCUT2D eigenvalue weighted by molar-refractivity contribution is 5.88. The number of hydrogen-bond acceptors (Lipinski definition) is 5. The van der Waals surface area contributed by atoms with Crippen LogP contribution in [0.5, 0.6) is 0 Å². The van der Waals surface area contributed by atoms with Crippen molar-refractivity contribution < 1.29 is 29.0 Å². The van der Waals surface area contributed by atoms with Crippen molar-refractivity contribution in [3.8, 4) is 0 Å². The fourth-order valence-electron chi connectivity index (χ4n) is 1.20. The first kappa shape index (κ1) is 17.2. The van der Waals surface area contributed by atoms with E-state index in [-0.39, 0.29) is 0 Å². The Labute approximate surface area is 112 Å². The zero-order valence-electron chi connectivity index (χ0n) is 12.1. The van der Waals surface area contributed by atoms with Gasteiger partial charge in [-0.3, -0.25) is 0 Å². The minimum Gasteiger partial charge on any atom is -0.449 e. The molecule has 0 aliphatic heterocycles. The summed E-state index contributed by atoms with van der Waals surface area (Å²) in [5.74, 6) is -1.05. The summed E-state index contributed by atoms with van der Waals surface area (Å²) in [6.07, 6.45) is -2.53. The van der Waals surface area contributed by atoms with E-state index in [9.17, 15) is 14.4 Å². The Balaban J connectivity index is 4.85. The van der Waals surface area contributed by atoms with Crippen LogP contribution in [0.2, 0.25) is 0 Å². The second-order valence-corrected chi connectivity index (χ2v) is 6.13. The van der Waals surface area contributed by atoms with Crippen LogP contribution in [-0.2, 0) is 14.3 Å². The number of carbonyl (C=O) groups is 3. The number of hydrogen-bond donors (Lipinski definition) is 2. The van der Waals surface area contributed by atoms with Crippen LogP contribution in [0.15, 0.2) is 0 Å². The van der Waals surface area contributed by atoms with Crippen LogP contribution in [0.3, 0.4) is 0 Å². The number of amides is 1. The normalized spacial score (nSPS) is 13.4. The predicted molar refractivity (Wildman–Crippen MR) is 66.7 cm³/mol. The lowest BCUT2D eigenvalue weighted by molar-refractivity contribution is -0.144. The zero-order chi connectivity index (χ0) is 15.4. The van der Waals surface area contributed by atoms with Crippen molar-refractivity contribution in [1.29, 1.82) is 0 Å². The molecule has 0 spiro atoms. The molecular formula is C12H21NO6. The summed E-state index contributed by atoms with van der Waals surface area (Å²) in [6.45, 7) is 10.0. The zero-order valence-corrected chi connectivity index (χ0v) is 12.1. The Kier molecular flexibility index (Phi) is 5.34. The summed E-state index contributed by atoms with van der Waals surface area (Å²) in [7, 11) is 0. The van der Waals surface area contributed by atoms with Gasteiger partial charge in [-0.15, -0.1) is 0 Å². The predicted octanol–water partition coefficient (Wildman–Crippen LogP) is 2.15. The maximum absolute atomic E-state index is 11.6. The summed E-state index contributed by atoms with van der Waals surface area (Å²) in [5.41, 5.74) is -1.44. The highest BCUT2D eigenvalue weighted by atomic mass is 16.7. The fraction of sp³-hybridized carbons (Fsp3) is 0.750. The molecule has 0 bridgehead atoms. The number of carbonyl (C=O) groups excluding carboxylic acids is 2. The van der Waals surface area contributed by atoms with Gasteiger partial charge < -0.3 is 19.9 Å². The van der Waals surface area contributed by atoms with Gasteiger partial charge in [0.2, 0.25) is 0 Å². The topological polar surface area (TPSA) is 102 Å². The molecule has 7 heteroatoms. The number of carboxylic acid groups (broad SMARTS) is 1. The van der Waals surface area contributed by atoms with E-state index in [1.165, 1.54) is 0 Å². The molecule has 0 rings (SSSR count). The standard InChI is InChI=1S/C12H21NO6/c1-11(2,3)7(8(14)18-10(16)17)13-9(15)19-12(4,5)6/h7H,1-6H3,(H,13,15)(H,16,17). The van der Waals surface area contributed by atoms with Gasteiger partial charge in [-0.05, 0) is 26.2 Å². The van der Waals surface area contributed by atoms with Gasteiger partial charge in [0, 0.05) is 0 Å². The molecule has 1 unspecified atom stereocenters. The van der Waals surface area contributed by atoms with Gasteiger partial charge in [0.25, 0.3) is 0 Å². The molecule has 0 aromatic rings. The van der Waals surface area contributed by atoms with E-state index in [2.05, 4.69) is 10.1 Å². The van der Waals surface area contributed by atoms with Gasteiger partial charge in [-0.2, -0.15) is 0 Å². The Hall–Kier alpha value is -1.79. The highest BCUT2D eigenvalue weighted by Gasteiger charge is 2.36. The molecule has 0 fully saturated rings. The fourth-order valence-corrected chi connectivity index (χ4v) is 1.20. The third kappa shape index (κ3) is 7.28. The molecule has 0 saturated heterocycles. The second kappa shape index (κ2) is 5.90. The summed E-state index contributed by atoms with van der Waals surface area (Å²) in [5, 5.41) is 10.8. The molecule has 2 N–H and O–H groups in total. The van der Waals surface area contributed by atoms with Gasteiger partial charge in [0.1, 0.15) is 11.6 Å². The van der Waals surface area contributed by atoms with E-state index < -0.39 is 35.3 Å². The van der Waals surface area contributed by atoms with Crippen LogP contribution in [0, 0.1) is 5.41 Å². The van der Waals surface area contributed by atoms with E-state index >= 15 is 0 Å². The van der Waals surface area contributed by atoms with Crippen molar-refractivity contribution >= 4 is 18.2 Å². The third-order valence-electron chi connectivity index (χ3n) is 1.95. The van der Waals surface area contributed by atoms with Crippen LogP contribution >= 0.6 is 0 Å². The van der Waals surface area contributed by atoms with Gasteiger partial charge in [-0.1, -0.05) is 20.8 Å². The number of nitrogens with one attached hydrogen (secondary N) is 1. The summed E-state index contributed by atoms with van der Waals surface area (Å²) in [6, 6.07) is -1.13. The third-order valence-corrected chi connectivity index (χ3v) is 1.95. The van der Waals surface area contributed by atoms with Crippen LogP contribution in [0.25, 0.3) is 0 Å². The number of esters is 1. The number of rotatable bonds is 2. The van der Waals surface area contributed by atoms with E-state index in [4.69, 9.17) is 9.84 Å². The molecule has 110 valence electrons. The Morgan fingerprint density at radius 2 is 1.53 bits per heavy atom. The number of alkyl carbamates (subject to hydrolysis) is 1. The van der Waals surface area contributed by atoms with Crippen molar-refractivity contribution in [2.75, 3.05) is 0 Å². The lowest BCUT2D eigenvalue weighted by Crippen LogP contribution is -2.51. The van der Waals surface area contributed by atoms with Gasteiger partial charge >= 0.3 is 18.2 Å². The molecule has 7 nitrogen and oxygen atoms in total. The van der Waals surface area contributed by atoms with Crippen LogP contribution < -0.4 is 5.32 Å². The monoisotopic (exact) mass is 275 g/mol. The summed E-state index contributed by atoms with van der Waals surface area (Å²) < 4.78 is 9.09.